The largest absolute Gasteiger partial charge is 0.445 e. The molecule has 0 aromatic carbocycles. The Morgan fingerprint density at radius 3 is 3.21 bits per heavy atom. The van der Waals surface area contributed by atoms with Gasteiger partial charge in [-0.05, 0) is 0 Å². The molecule has 0 radical (unpaired) electrons. The quantitative estimate of drug-likeness (QED) is 0.607. The van der Waals surface area contributed by atoms with Crippen molar-refractivity contribution in [1.82, 2.24) is 10.2 Å². The predicted molar refractivity (Wildman–Crippen MR) is 52.0 cm³/mol. The molecule has 1 aliphatic rings. The number of aliphatic hydroxyl groups is 1. The first kappa shape index (κ1) is 11.0. The molecule has 0 spiro atoms. The van der Waals surface area contributed by atoms with Crippen LogP contribution in [0.3, 0.4) is 0 Å². The van der Waals surface area contributed by atoms with E-state index in [2.05, 4.69) is 11.9 Å². The number of aliphatic hydroxyl groups excluding tert-OH is 1. The predicted octanol–water partition coefficient (Wildman–Crippen LogP) is -0.425. The summed E-state index contributed by atoms with van der Waals surface area (Å²) in [7, 11) is 0. The number of piperazine rings is 1. The number of carbonyl (C=O) groups excluding carboxylic acids is 1. The third kappa shape index (κ3) is 3.01. The molecule has 1 heterocycles. The molecule has 1 rings (SSSR count). The molecule has 5 heteroatoms. The average Bonchev–Trinajstić information content (AvgIpc) is 2.26. The molecule has 1 saturated heterocycles. The molecule has 0 saturated carbocycles. The summed E-state index contributed by atoms with van der Waals surface area (Å²) in [5.41, 5.74) is 0. The molecular formula is C9H16N2O3. The van der Waals surface area contributed by atoms with Crippen LogP contribution in [0.15, 0.2) is 12.7 Å². The van der Waals surface area contributed by atoms with Crippen LogP contribution in [0.5, 0.6) is 0 Å². The molecule has 0 bridgehead atoms. The number of rotatable bonds is 3. The standard InChI is InChI=1S/C9H16N2O3/c1-2-5-14-9(13)11-4-3-10-8(6-11)7-12/h2,8,10,12H,1,3-7H2. The molecule has 1 unspecified atom stereocenters. The van der Waals surface area contributed by atoms with Gasteiger partial charge in [0.1, 0.15) is 6.61 Å². The maximum atomic E-state index is 11.4. The third-order valence-corrected chi connectivity index (χ3v) is 2.06. The Morgan fingerprint density at radius 2 is 2.57 bits per heavy atom. The summed E-state index contributed by atoms with van der Waals surface area (Å²) in [6.07, 6.45) is 1.19. The molecule has 1 fully saturated rings. The highest BCUT2D eigenvalue weighted by Gasteiger charge is 2.23. The summed E-state index contributed by atoms with van der Waals surface area (Å²) in [5.74, 6) is 0. The van der Waals surface area contributed by atoms with E-state index in [0.717, 1.165) is 0 Å². The van der Waals surface area contributed by atoms with E-state index in [1.807, 2.05) is 0 Å². The van der Waals surface area contributed by atoms with Crippen LogP contribution in [0.2, 0.25) is 0 Å². The molecule has 1 amide bonds. The number of nitrogens with one attached hydrogen (secondary N) is 1. The van der Waals surface area contributed by atoms with E-state index in [1.54, 1.807) is 4.90 Å². The van der Waals surface area contributed by atoms with Gasteiger partial charge in [-0.15, -0.1) is 0 Å². The Labute approximate surface area is 83.3 Å². The van der Waals surface area contributed by atoms with Gasteiger partial charge in [0.05, 0.1) is 6.61 Å². The third-order valence-electron chi connectivity index (χ3n) is 2.06. The van der Waals surface area contributed by atoms with Crippen molar-refractivity contribution in [3.05, 3.63) is 12.7 Å². The number of ether oxygens (including phenoxy) is 1. The van der Waals surface area contributed by atoms with Crippen molar-refractivity contribution in [3.63, 3.8) is 0 Å². The van der Waals surface area contributed by atoms with Crippen molar-refractivity contribution < 1.29 is 14.6 Å². The number of hydrogen-bond donors (Lipinski definition) is 2. The van der Waals surface area contributed by atoms with Gasteiger partial charge < -0.3 is 20.1 Å². The Bertz CT molecular complexity index is 208. The maximum Gasteiger partial charge on any atom is 0.410 e. The van der Waals surface area contributed by atoms with Crippen molar-refractivity contribution >= 4 is 6.09 Å². The van der Waals surface area contributed by atoms with Crippen LogP contribution in [-0.4, -0.2) is 55.0 Å². The number of amides is 1. The Balaban J connectivity index is 2.35. The van der Waals surface area contributed by atoms with Gasteiger partial charge in [0, 0.05) is 25.7 Å². The molecule has 1 atom stereocenters. The first-order valence-corrected chi connectivity index (χ1v) is 4.64. The minimum atomic E-state index is -0.343. The molecule has 0 aliphatic carbocycles. The highest BCUT2D eigenvalue weighted by atomic mass is 16.6. The fourth-order valence-electron chi connectivity index (χ4n) is 1.34. The smallest absolute Gasteiger partial charge is 0.410 e. The van der Waals surface area contributed by atoms with Crippen molar-refractivity contribution in [1.29, 1.82) is 0 Å². The zero-order valence-corrected chi connectivity index (χ0v) is 8.11. The van der Waals surface area contributed by atoms with Gasteiger partial charge in [0.25, 0.3) is 0 Å². The minimum absolute atomic E-state index is 0.0330. The monoisotopic (exact) mass is 200 g/mol. The zero-order chi connectivity index (χ0) is 10.4. The molecule has 5 nitrogen and oxygen atoms in total. The lowest BCUT2D eigenvalue weighted by molar-refractivity contribution is 0.0907. The lowest BCUT2D eigenvalue weighted by Crippen LogP contribution is -2.54. The second-order valence-corrected chi connectivity index (χ2v) is 3.15. The zero-order valence-electron chi connectivity index (χ0n) is 8.11. The van der Waals surface area contributed by atoms with E-state index in [9.17, 15) is 4.79 Å². The summed E-state index contributed by atoms with van der Waals surface area (Å²) < 4.78 is 4.88. The number of hydrogen-bond acceptors (Lipinski definition) is 4. The van der Waals surface area contributed by atoms with Crippen molar-refractivity contribution in [3.8, 4) is 0 Å². The summed E-state index contributed by atoms with van der Waals surface area (Å²) in [4.78, 5) is 12.9. The Hall–Kier alpha value is -1.07. The molecule has 1 aliphatic heterocycles. The molecule has 0 aromatic rings. The van der Waals surface area contributed by atoms with E-state index < -0.39 is 0 Å². The molecule has 2 N–H and O–H groups in total. The van der Waals surface area contributed by atoms with E-state index in [1.165, 1.54) is 6.08 Å². The summed E-state index contributed by atoms with van der Waals surface area (Å²) in [6.45, 7) is 5.52. The second-order valence-electron chi connectivity index (χ2n) is 3.15. The summed E-state index contributed by atoms with van der Waals surface area (Å²) in [5, 5.41) is 12.0. The highest BCUT2D eigenvalue weighted by molar-refractivity contribution is 5.67. The fraction of sp³-hybridized carbons (Fsp3) is 0.667. The second kappa shape index (κ2) is 5.62. The highest BCUT2D eigenvalue weighted by Crippen LogP contribution is 2.01. The van der Waals surface area contributed by atoms with Crippen LogP contribution >= 0.6 is 0 Å². The van der Waals surface area contributed by atoms with Gasteiger partial charge in [-0.3, -0.25) is 0 Å². The summed E-state index contributed by atoms with van der Waals surface area (Å²) in [6, 6.07) is -0.0416. The SMILES string of the molecule is C=CCOC(=O)N1CCNC(CO)C1. The molecular weight excluding hydrogens is 184 g/mol. The lowest BCUT2D eigenvalue weighted by Gasteiger charge is -2.31. The van der Waals surface area contributed by atoms with E-state index in [4.69, 9.17) is 9.84 Å². The van der Waals surface area contributed by atoms with Crippen molar-refractivity contribution in [2.24, 2.45) is 0 Å². The molecule has 0 aromatic heterocycles. The molecule has 80 valence electrons. The molecule has 14 heavy (non-hydrogen) atoms. The van der Waals surface area contributed by atoms with E-state index in [-0.39, 0.29) is 25.3 Å². The van der Waals surface area contributed by atoms with Gasteiger partial charge in [0.15, 0.2) is 0 Å². The summed E-state index contributed by atoms with van der Waals surface area (Å²) >= 11 is 0. The van der Waals surface area contributed by atoms with Crippen molar-refractivity contribution in [2.75, 3.05) is 32.8 Å². The topological polar surface area (TPSA) is 61.8 Å². The van der Waals surface area contributed by atoms with Gasteiger partial charge in [-0.25, -0.2) is 4.79 Å². The first-order chi connectivity index (χ1) is 6.77. The van der Waals surface area contributed by atoms with Gasteiger partial charge in [0.2, 0.25) is 0 Å². The minimum Gasteiger partial charge on any atom is -0.445 e. The number of carbonyl (C=O) groups is 1. The van der Waals surface area contributed by atoms with Gasteiger partial charge in [-0.1, -0.05) is 12.7 Å². The van der Waals surface area contributed by atoms with Crippen molar-refractivity contribution in [2.45, 2.75) is 6.04 Å². The normalized spacial score (nSPS) is 21.8. The van der Waals surface area contributed by atoms with Crippen LogP contribution in [0.1, 0.15) is 0 Å². The lowest BCUT2D eigenvalue weighted by atomic mass is 10.2. The van der Waals surface area contributed by atoms with Gasteiger partial charge >= 0.3 is 6.09 Å². The Kier molecular flexibility index (Phi) is 4.42. The van der Waals surface area contributed by atoms with Crippen LogP contribution in [0.25, 0.3) is 0 Å². The fourth-order valence-corrected chi connectivity index (χ4v) is 1.34. The average molecular weight is 200 g/mol. The Morgan fingerprint density at radius 1 is 1.79 bits per heavy atom. The van der Waals surface area contributed by atoms with Gasteiger partial charge in [-0.2, -0.15) is 0 Å². The van der Waals surface area contributed by atoms with E-state index in [0.29, 0.717) is 19.6 Å². The van der Waals surface area contributed by atoms with Crippen LogP contribution < -0.4 is 5.32 Å². The van der Waals surface area contributed by atoms with Crippen LogP contribution in [0.4, 0.5) is 4.79 Å². The van der Waals surface area contributed by atoms with E-state index >= 15 is 0 Å². The number of nitrogens with zero attached hydrogens (tertiary/aromatic N) is 1. The van der Waals surface area contributed by atoms with Crippen LogP contribution in [-0.2, 0) is 4.74 Å². The first-order valence-electron chi connectivity index (χ1n) is 4.64. The van der Waals surface area contributed by atoms with Crippen LogP contribution in [0, 0.1) is 0 Å². The maximum absolute atomic E-state index is 11.4.